The van der Waals surface area contributed by atoms with E-state index in [1.165, 1.54) is 4.57 Å². The van der Waals surface area contributed by atoms with Crippen LogP contribution in [0.5, 0.6) is 0 Å². The van der Waals surface area contributed by atoms with Crippen LogP contribution in [0.3, 0.4) is 0 Å². The van der Waals surface area contributed by atoms with Gasteiger partial charge in [-0.05, 0) is 25.0 Å². The lowest BCUT2D eigenvalue weighted by Gasteiger charge is -2.31. The number of aryl methyl sites for hydroxylation is 1. The minimum atomic E-state index is -0.787. The Bertz CT molecular complexity index is 738. The summed E-state index contributed by atoms with van der Waals surface area (Å²) in [5.41, 5.74) is 7.16. The van der Waals surface area contributed by atoms with Gasteiger partial charge in [0, 0.05) is 18.8 Å². The quantitative estimate of drug-likeness (QED) is 0.881. The zero-order chi connectivity index (χ0) is 15.0. The van der Waals surface area contributed by atoms with Crippen molar-refractivity contribution in [1.82, 2.24) is 4.57 Å². The summed E-state index contributed by atoms with van der Waals surface area (Å²) in [6.07, 6.45) is 4.52. The predicted molar refractivity (Wildman–Crippen MR) is 80.1 cm³/mol. The number of anilines is 1. The number of hydrogen-bond acceptors (Lipinski definition) is 4. The van der Waals surface area contributed by atoms with E-state index < -0.39 is 11.3 Å². The molecular formula is C15H19N3O3. The highest BCUT2D eigenvalue weighted by Crippen LogP contribution is 2.27. The first-order valence-corrected chi connectivity index (χ1v) is 7.19. The number of benzene rings is 1. The van der Waals surface area contributed by atoms with Crippen LogP contribution in [0, 0.1) is 0 Å². The summed E-state index contributed by atoms with van der Waals surface area (Å²) in [6, 6.07) is 5.15. The van der Waals surface area contributed by atoms with E-state index in [0.717, 1.165) is 19.3 Å². The SMILES string of the molecule is Cn1c(=O)oc2cc(NC(=O)C3(N)CCCCC3)ccc21. The van der Waals surface area contributed by atoms with Crippen molar-refractivity contribution in [2.24, 2.45) is 12.8 Å². The fourth-order valence-electron chi connectivity index (χ4n) is 2.88. The molecule has 0 saturated heterocycles. The highest BCUT2D eigenvalue weighted by Gasteiger charge is 2.35. The molecule has 1 aromatic carbocycles. The Hall–Kier alpha value is -2.08. The van der Waals surface area contributed by atoms with E-state index in [1.807, 2.05) is 0 Å². The van der Waals surface area contributed by atoms with E-state index in [2.05, 4.69) is 5.32 Å². The van der Waals surface area contributed by atoms with Crippen LogP contribution < -0.4 is 16.8 Å². The number of nitrogens with two attached hydrogens (primary N) is 1. The van der Waals surface area contributed by atoms with Gasteiger partial charge < -0.3 is 15.5 Å². The maximum Gasteiger partial charge on any atom is 0.419 e. The summed E-state index contributed by atoms with van der Waals surface area (Å²) in [4.78, 5) is 23.8. The van der Waals surface area contributed by atoms with Gasteiger partial charge in [-0.15, -0.1) is 0 Å². The van der Waals surface area contributed by atoms with Gasteiger partial charge >= 0.3 is 5.76 Å². The molecule has 0 bridgehead atoms. The lowest BCUT2D eigenvalue weighted by molar-refractivity contribution is -0.122. The third-order valence-corrected chi connectivity index (χ3v) is 4.25. The molecule has 1 saturated carbocycles. The van der Waals surface area contributed by atoms with Crippen LogP contribution in [0.25, 0.3) is 11.1 Å². The van der Waals surface area contributed by atoms with Crippen molar-refractivity contribution >= 4 is 22.7 Å². The zero-order valence-electron chi connectivity index (χ0n) is 12.0. The number of oxazole rings is 1. The Labute approximate surface area is 121 Å². The number of hydrogen-bond donors (Lipinski definition) is 2. The third kappa shape index (κ3) is 2.47. The number of fused-ring (bicyclic) bond motifs is 1. The number of rotatable bonds is 2. The van der Waals surface area contributed by atoms with Crippen LogP contribution in [0.4, 0.5) is 5.69 Å². The van der Waals surface area contributed by atoms with E-state index in [9.17, 15) is 9.59 Å². The smallest absolute Gasteiger partial charge is 0.408 e. The molecular weight excluding hydrogens is 270 g/mol. The van der Waals surface area contributed by atoms with Crippen molar-refractivity contribution in [1.29, 1.82) is 0 Å². The number of nitrogens with one attached hydrogen (secondary N) is 1. The Balaban J connectivity index is 1.84. The zero-order valence-corrected chi connectivity index (χ0v) is 12.0. The molecule has 1 aromatic heterocycles. The first kappa shape index (κ1) is 13.9. The molecule has 21 heavy (non-hydrogen) atoms. The van der Waals surface area contributed by atoms with Crippen molar-refractivity contribution in [2.75, 3.05) is 5.32 Å². The summed E-state index contributed by atoms with van der Waals surface area (Å²) in [7, 11) is 1.64. The lowest BCUT2D eigenvalue weighted by atomic mass is 9.82. The second-order valence-corrected chi connectivity index (χ2v) is 5.78. The van der Waals surface area contributed by atoms with Crippen molar-refractivity contribution in [3.63, 3.8) is 0 Å². The summed E-state index contributed by atoms with van der Waals surface area (Å²) in [5, 5.41) is 2.84. The van der Waals surface area contributed by atoms with Gasteiger partial charge in [-0.25, -0.2) is 4.79 Å². The molecule has 1 fully saturated rings. The summed E-state index contributed by atoms with van der Waals surface area (Å²) >= 11 is 0. The van der Waals surface area contributed by atoms with E-state index in [0.29, 0.717) is 29.6 Å². The van der Waals surface area contributed by atoms with Crippen LogP contribution in [-0.2, 0) is 11.8 Å². The summed E-state index contributed by atoms with van der Waals surface area (Å²) in [5.74, 6) is -0.587. The van der Waals surface area contributed by atoms with E-state index in [1.54, 1.807) is 25.2 Å². The minimum absolute atomic E-state index is 0.167. The van der Waals surface area contributed by atoms with E-state index in [4.69, 9.17) is 10.2 Å². The second-order valence-electron chi connectivity index (χ2n) is 5.78. The molecule has 3 rings (SSSR count). The molecule has 1 aliphatic rings. The number of carbonyl (C=O) groups excluding carboxylic acids is 1. The maximum absolute atomic E-state index is 12.4. The second kappa shape index (κ2) is 5.04. The highest BCUT2D eigenvalue weighted by atomic mass is 16.4. The first-order chi connectivity index (χ1) is 9.99. The van der Waals surface area contributed by atoms with Gasteiger partial charge in [0.1, 0.15) is 0 Å². The van der Waals surface area contributed by atoms with Gasteiger partial charge in [-0.3, -0.25) is 9.36 Å². The molecule has 1 aliphatic carbocycles. The molecule has 1 amide bonds. The third-order valence-electron chi connectivity index (χ3n) is 4.25. The molecule has 0 atom stereocenters. The average molecular weight is 289 g/mol. The predicted octanol–water partition coefficient (Wildman–Crippen LogP) is 1.73. The van der Waals surface area contributed by atoms with Crippen molar-refractivity contribution in [2.45, 2.75) is 37.6 Å². The van der Waals surface area contributed by atoms with Gasteiger partial charge in [-0.1, -0.05) is 19.3 Å². The molecule has 3 N–H and O–H groups in total. The topological polar surface area (TPSA) is 90.3 Å². The van der Waals surface area contributed by atoms with Crippen LogP contribution in [-0.4, -0.2) is 16.0 Å². The molecule has 1 heterocycles. The fraction of sp³-hybridized carbons (Fsp3) is 0.467. The minimum Gasteiger partial charge on any atom is -0.408 e. The Morgan fingerprint density at radius 3 is 2.76 bits per heavy atom. The number of aromatic nitrogens is 1. The average Bonchev–Trinajstić information content (AvgIpc) is 2.74. The monoisotopic (exact) mass is 289 g/mol. The van der Waals surface area contributed by atoms with E-state index in [-0.39, 0.29) is 5.91 Å². The van der Waals surface area contributed by atoms with Crippen molar-refractivity contribution < 1.29 is 9.21 Å². The van der Waals surface area contributed by atoms with E-state index >= 15 is 0 Å². The normalized spacial score (nSPS) is 17.8. The highest BCUT2D eigenvalue weighted by molar-refractivity contribution is 5.99. The summed E-state index contributed by atoms with van der Waals surface area (Å²) in [6.45, 7) is 0. The van der Waals surface area contributed by atoms with Crippen LogP contribution >= 0.6 is 0 Å². The van der Waals surface area contributed by atoms with Gasteiger partial charge in [0.05, 0.1) is 11.1 Å². The van der Waals surface area contributed by atoms with Gasteiger partial charge in [0.15, 0.2) is 5.58 Å². The molecule has 6 heteroatoms. The Kier molecular flexibility index (Phi) is 3.33. The molecule has 0 spiro atoms. The standard InChI is InChI=1S/C15H19N3O3/c1-18-11-6-5-10(9-12(11)21-14(18)20)17-13(19)15(16)7-3-2-4-8-15/h5-6,9H,2-4,7-8,16H2,1H3,(H,17,19). The number of nitrogens with zero attached hydrogens (tertiary/aromatic N) is 1. The van der Waals surface area contributed by atoms with Crippen LogP contribution in [0.2, 0.25) is 0 Å². The molecule has 0 unspecified atom stereocenters. The fourth-order valence-corrected chi connectivity index (χ4v) is 2.88. The van der Waals surface area contributed by atoms with Crippen molar-refractivity contribution in [3.05, 3.63) is 28.7 Å². The van der Waals surface area contributed by atoms with Crippen LogP contribution in [0.15, 0.2) is 27.4 Å². The molecule has 0 aliphatic heterocycles. The number of carbonyl (C=O) groups is 1. The molecule has 6 nitrogen and oxygen atoms in total. The number of amides is 1. The Morgan fingerprint density at radius 1 is 1.33 bits per heavy atom. The maximum atomic E-state index is 12.4. The molecule has 112 valence electrons. The largest absolute Gasteiger partial charge is 0.419 e. The Morgan fingerprint density at radius 2 is 2.05 bits per heavy atom. The van der Waals surface area contributed by atoms with Crippen molar-refractivity contribution in [3.8, 4) is 0 Å². The first-order valence-electron chi connectivity index (χ1n) is 7.19. The lowest BCUT2D eigenvalue weighted by Crippen LogP contribution is -2.52. The van der Waals surface area contributed by atoms with Gasteiger partial charge in [-0.2, -0.15) is 0 Å². The van der Waals surface area contributed by atoms with Gasteiger partial charge in [0.2, 0.25) is 5.91 Å². The molecule has 0 radical (unpaired) electrons. The van der Waals surface area contributed by atoms with Crippen LogP contribution in [0.1, 0.15) is 32.1 Å². The summed E-state index contributed by atoms with van der Waals surface area (Å²) < 4.78 is 6.54. The van der Waals surface area contributed by atoms with Gasteiger partial charge in [0.25, 0.3) is 0 Å². The molecule has 2 aromatic rings.